The van der Waals surface area contributed by atoms with Crippen LogP contribution in [0.4, 0.5) is 5.82 Å². The van der Waals surface area contributed by atoms with Gasteiger partial charge in [0.1, 0.15) is 11.9 Å². The number of benzene rings is 1. The highest BCUT2D eigenvalue weighted by molar-refractivity contribution is 9.10. The molecule has 1 aromatic carbocycles. The second-order valence-corrected chi connectivity index (χ2v) is 4.27. The van der Waals surface area contributed by atoms with Crippen molar-refractivity contribution in [3.05, 3.63) is 40.0 Å². The van der Waals surface area contributed by atoms with Crippen molar-refractivity contribution in [2.45, 2.75) is 6.92 Å². The van der Waals surface area contributed by atoms with Gasteiger partial charge in [0.05, 0.1) is 11.3 Å². The molecule has 0 atom stereocenters. The fourth-order valence-corrected chi connectivity index (χ4v) is 1.80. The molecule has 0 unspecified atom stereocenters. The Hall–Kier alpha value is -1.80. The van der Waals surface area contributed by atoms with Gasteiger partial charge in [-0.15, -0.1) is 0 Å². The summed E-state index contributed by atoms with van der Waals surface area (Å²) in [7, 11) is 0. The molecular weight excluding hydrogens is 268 g/mol. The van der Waals surface area contributed by atoms with E-state index in [2.05, 4.69) is 27.1 Å². The second-order valence-electron chi connectivity index (χ2n) is 3.42. The van der Waals surface area contributed by atoms with E-state index in [-0.39, 0.29) is 0 Å². The minimum absolute atomic E-state index is 0.514. The van der Waals surface area contributed by atoms with E-state index < -0.39 is 0 Å². The largest absolute Gasteiger partial charge is 0.382 e. The van der Waals surface area contributed by atoms with Crippen LogP contribution in [0, 0.1) is 18.3 Å². The highest BCUT2D eigenvalue weighted by Gasteiger charge is 2.05. The number of aryl methyl sites for hydroxylation is 1. The molecular formula is C11H9BrN4. The number of hydrogen-bond acceptors (Lipinski definition) is 3. The zero-order chi connectivity index (χ0) is 11.7. The smallest absolute Gasteiger partial charge is 0.148 e. The van der Waals surface area contributed by atoms with Crippen molar-refractivity contribution in [1.29, 1.82) is 5.26 Å². The fourth-order valence-electron chi connectivity index (χ4n) is 1.34. The minimum Gasteiger partial charge on any atom is -0.382 e. The van der Waals surface area contributed by atoms with Crippen molar-refractivity contribution in [1.82, 2.24) is 9.78 Å². The first-order valence-corrected chi connectivity index (χ1v) is 5.43. The number of aromatic nitrogens is 2. The molecule has 0 spiro atoms. The van der Waals surface area contributed by atoms with E-state index >= 15 is 0 Å². The Balaban J connectivity index is 2.50. The molecule has 0 bridgehead atoms. The summed E-state index contributed by atoms with van der Waals surface area (Å²) in [6.07, 6.45) is 1.85. The molecule has 2 rings (SSSR count). The zero-order valence-corrected chi connectivity index (χ0v) is 10.2. The quantitative estimate of drug-likeness (QED) is 0.870. The maximum Gasteiger partial charge on any atom is 0.148 e. The summed E-state index contributed by atoms with van der Waals surface area (Å²) in [6.45, 7) is 1.90. The number of hydrogen-bond donors (Lipinski definition) is 1. The average molecular weight is 277 g/mol. The van der Waals surface area contributed by atoms with E-state index in [0.29, 0.717) is 11.4 Å². The normalized spacial score (nSPS) is 10.1. The number of anilines is 1. The first-order chi connectivity index (χ1) is 7.61. The van der Waals surface area contributed by atoms with Gasteiger partial charge in [0.15, 0.2) is 0 Å². The van der Waals surface area contributed by atoms with Crippen molar-refractivity contribution in [3.63, 3.8) is 0 Å². The molecule has 0 aliphatic rings. The van der Waals surface area contributed by atoms with Gasteiger partial charge in [0.2, 0.25) is 0 Å². The summed E-state index contributed by atoms with van der Waals surface area (Å²) in [6, 6.07) is 7.50. The van der Waals surface area contributed by atoms with Gasteiger partial charge in [-0.1, -0.05) is 0 Å². The van der Waals surface area contributed by atoms with E-state index in [1.54, 1.807) is 10.7 Å². The van der Waals surface area contributed by atoms with Gasteiger partial charge in [-0.3, -0.25) is 0 Å². The molecule has 2 N–H and O–H groups in total. The molecule has 1 heterocycles. The molecule has 0 saturated carbocycles. The predicted molar refractivity (Wildman–Crippen MR) is 65.1 cm³/mol. The lowest BCUT2D eigenvalue weighted by Gasteiger charge is -2.02. The SMILES string of the molecule is Cc1cn(-c2ccc(C#N)c(Br)c2)nc1N. The van der Waals surface area contributed by atoms with E-state index in [9.17, 15) is 0 Å². The van der Waals surface area contributed by atoms with Crippen LogP contribution in [0.2, 0.25) is 0 Å². The first-order valence-electron chi connectivity index (χ1n) is 4.63. The van der Waals surface area contributed by atoms with E-state index in [1.807, 2.05) is 25.3 Å². The minimum atomic E-state index is 0.514. The van der Waals surface area contributed by atoms with Crippen LogP contribution < -0.4 is 5.73 Å². The summed E-state index contributed by atoms with van der Waals surface area (Å²) >= 11 is 3.34. The van der Waals surface area contributed by atoms with Crippen LogP contribution in [0.1, 0.15) is 11.1 Å². The van der Waals surface area contributed by atoms with Gasteiger partial charge < -0.3 is 5.73 Å². The molecule has 0 saturated heterocycles. The molecule has 0 fully saturated rings. The van der Waals surface area contributed by atoms with Gasteiger partial charge in [-0.25, -0.2) is 4.68 Å². The summed E-state index contributed by atoms with van der Waals surface area (Å²) in [5.74, 6) is 0.514. The van der Waals surface area contributed by atoms with Crippen molar-refractivity contribution < 1.29 is 0 Å². The number of halogens is 1. The van der Waals surface area contributed by atoms with Crippen LogP contribution in [0.3, 0.4) is 0 Å². The van der Waals surface area contributed by atoms with Crippen molar-refractivity contribution in [2.75, 3.05) is 5.73 Å². The van der Waals surface area contributed by atoms with Crippen molar-refractivity contribution >= 4 is 21.7 Å². The molecule has 0 radical (unpaired) electrons. The molecule has 0 aliphatic carbocycles. The Labute approximate surface area is 101 Å². The summed E-state index contributed by atoms with van der Waals surface area (Å²) in [5, 5.41) is 13.0. The van der Waals surface area contributed by atoms with Gasteiger partial charge in [-0.05, 0) is 41.1 Å². The highest BCUT2D eigenvalue weighted by atomic mass is 79.9. The van der Waals surface area contributed by atoms with Crippen LogP contribution in [-0.2, 0) is 0 Å². The van der Waals surface area contributed by atoms with Gasteiger partial charge in [0, 0.05) is 16.2 Å². The standard InChI is InChI=1S/C11H9BrN4/c1-7-6-16(15-11(7)14)9-3-2-8(5-13)10(12)4-9/h2-4,6H,1H3,(H2,14,15). The maximum absolute atomic E-state index is 8.81. The summed E-state index contributed by atoms with van der Waals surface area (Å²) in [4.78, 5) is 0. The topological polar surface area (TPSA) is 67.6 Å². The Morgan fingerprint density at radius 1 is 1.50 bits per heavy atom. The van der Waals surface area contributed by atoms with Crippen molar-refractivity contribution in [3.8, 4) is 11.8 Å². The Morgan fingerprint density at radius 3 is 2.75 bits per heavy atom. The van der Waals surface area contributed by atoms with Crippen LogP contribution in [0.15, 0.2) is 28.9 Å². The average Bonchev–Trinajstić information content (AvgIpc) is 2.59. The third-order valence-corrected chi connectivity index (χ3v) is 2.93. The van der Waals surface area contributed by atoms with E-state index in [1.165, 1.54) is 0 Å². The Kier molecular flexibility index (Phi) is 2.67. The predicted octanol–water partition coefficient (Wildman–Crippen LogP) is 2.40. The van der Waals surface area contributed by atoms with E-state index in [4.69, 9.17) is 11.0 Å². The van der Waals surface area contributed by atoms with Gasteiger partial charge in [0.25, 0.3) is 0 Å². The van der Waals surface area contributed by atoms with Gasteiger partial charge >= 0.3 is 0 Å². The monoisotopic (exact) mass is 276 g/mol. The molecule has 0 amide bonds. The lowest BCUT2D eigenvalue weighted by molar-refractivity contribution is 0.884. The molecule has 80 valence electrons. The van der Waals surface area contributed by atoms with Crippen LogP contribution in [-0.4, -0.2) is 9.78 Å². The van der Waals surface area contributed by atoms with Crippen molar-refractivity contribution in [2.24, 2.45) is 0 Å². The lowest BCUT2D eigenvalue weighted by Crippen LogP contribution is -1.96. The number of rotatable bonds is 1. The lowest BCUT2D eigenvalue weighted by atomic mass is 10.2. The van der Waals surface area contributed by atoms with Crippen LogP contribution in [0.5, 0.6) is 0 Å². The van der Waals surface area contributed by atoms with Gasteiger partial charge in [-0.2, -0.15) is 10.4 Å². The maximum atomic E-state index is 8.81. The fraction of sp³-hybridized carbons (Fsp3) is 0.0909. The molecule has 1 aromatic heterocycles. The molecule has 2 aromatic rings. The number of nitrogen functional groups attached to an aromatic ring is 1. The number of nitriles is 1. The Bertz CT molecular complexity index is 561. The second kappa shape index (κ2) is 3.99. The molecule has 4 nitrogen and oxygen atoms in total. The number of nitrogens with zero attached hydrogens (tertiary/aromatic N) is 3. The van der Waals surface area contributed by atoms with E-state index in [0.717, 1.165) is 15.7 Å². The zero-order valence-electron chi connectivity index (χ0n) is 8.61. The third kappa shape index (κ3) is 1.79. The number of nitrogens with two attached hydrogens (primary N) is 1. The highest BCUT2D eigenvalue weighted by Crippen LogP contribution is 2.21. The van der Waals surface area contributed by atoms with Crippen LogP contribution in [0.25, 0.3) is 5.69 Å². The third-order valence-electron chi connectivity index (χ3n) is 2.27. The first kappa shape index (κ1) is 10.7. The summed E-state index contributed by atoms with van der Waals surface area (Å²) in [5.41, 5.74) is 8.07. The molecule has 16 heavy (non-hydrogen) atoms. The Morgan fingerprint density at radius 2 is 2.25 bits per heavy atom. The molecule has 5 heteroatoms. The molecule has 0 aliphatic heterocycles. The van der Waals surface area contributed by atoms with Crippen LogP contribution >= 0.6 is 15.9 Å². The summed E-state index contributed by atoms with van der Waals surface area (Å²) < 4.78 is 2.44.